The summed E-state index contributed by atoms with van der Waals surface area (Å²) in [6.07, 6.45) is -2.33. The number of aliphatic hydroxyl groups is 3. The van der Waals surface area contributed by atoms with Crippen molar-refractivity contribution in [3.63, 3.8) is 0 Å². The summed E-state index contributed by atoms with van der Waals surface area (Å²) in [5.74, 6) is -0.292. The standard InChI is InChI=1S/C22H40N2O7S/c1-6-8-14-9-10-24(21(29)30-7-2)15(11-14)20(28)23-18(12(3)4)22(32)19(27)17(26)16(25)13(5)31-22/h12-19,25-27,32H,6-11H2,1-5H3,(H,23,28). The van der Waals surface area contributed by atoms with Gasteiger partial charge in [0.15, 0.2) is 4.93 Å². The van der Waals surface area contributed by atoms with Gasteiger partial charge in [0.1, 0.15) is 24.4 Å². The number of nitrogens with one attached hydrogen (secondary N) is 1. The minimum absolute atomic E-state index is 0.217. The third kappa shape index (κ3) is 5.70. The molecule has 8 unspecified atom stereocenters. The zero-order valence-electron chi connectivity index (χ0n) is 19.7. The van der Waals surface area contributed by atoms with Gasteiger partial charge in [-0.25, -0.2) is 4.79 Å². The molecule has 0 radical (unpaired) electrons. The van der Waals surface area contributed by atoms with Gasteiger partial charge in [0.2, 0.25) is 5.91 Å². The molecular weight excluding hydrogens is 436 g/mol. The molecule has 9 nitrogen and oxygen atoms in total. The zero-order chi connectivity index (χ0) is 24.2. The highest BCUT2D eigenvalue weighted by Crippen LogP contribution is 2.38. The van der Waals surface area contributed by atoms with Crippen LogP contribution in [0.1, 0.15) is 60.3 Å². The van der Waals surface area contributed by atoms with Crippen molar-refractivity contribution in [1.29, 1.82) is 0 Å². The highest BCUT2D eigenvalue weighted by molar-refractivity contribution is 7.81. The van der Waals surface area contributed by atoms with Crippen LogP contribution in [0, 0.1) is 11.8 Å². The molecule has 8 atom stereocenters. The average molecular weight is 477 g/mol. The lowest BCUT2D eigenvalue weighted by atomic mass is 9.85. The molecule has 0 aliphatic carbocycles. The minimum Gasteiger partial charge on any atom is -0.450 e. The Morgan fingerprint density at radius 3 is 2.47 bits per heavy atom. The van der Waals surface area contributed by atoms with Gasteiger partial charge in [-0.15, -0.1) is 12.6 Å². The summed E-state index contributed by atoms with van der Waals surface area (Å²) in [5, 5.41) is 34.0. The van der Waals surface area contributed by atoms with E-state index < -0.39 is 47.5 Å². The summed E-state index contributed by atoms with van der Waals surface area (Å²) in [4.78, 5) is 25.8. The van der Waals surface area contributed by atoms with Crippen molar-refractivity contribution < 1.29 is 34.4 Å². The van der Waals surface area contributed by atoms with Crippen molar-refractivity contribution in [2.45, 2.75) is 102 Å². The largest absolute Gasteiger partial charge is 0.450 e. The van der Waals surface area contributed by atoms with E-state index in [0.29, 0.717) is 18.9 Å². The van der Waals surface area contributed by atoms with Crippen molar-refractivity contribution in [2.24, 2.45) is 11.8 Å². The van der Waals surface area contributed by atoms with Crippen LogP contribution in [-0.2, 0) is 14.3 Å². The summed E-state index contributed by atoms with van der Waals surface area (Å²) >= 11 is 4.56. The first-order valence-corrected chi connectivity index (χ1v) is 12.1. The normalized spacial score (nSPS) is 36.6. The van der Waals surface area contributed by atoms with E-state index >= 15 is 0 Å². The number of carbonyl (C=O) groups excluding carboxylic acids is 2. The Bertz CT molecular complexity index is 652. The van der Waals surface area contributed by atoms with Gasteiger partial charge in [-0.2, -0.15) is 0 Å². The van der Waals surface area contributed by atoms with E-state index in [2.05, 4.69) is 24.9 Å². The molecule has 0 aromatic carbocycles. The predicted molar refractivity (Wildman–Crippen MR) is 122 cm³/mol. The van der Waals surface area contributed by atoms with Gasteiger partial charge >= 0.3 is 6.09 Å². The molecule has 2 aliphatic rings. The Hall–Kier alpha value is -1.07. The van der Waals surface area contributed by atoms with E-state index in [4.69, 9.17) is 9.47 Å². The fraction of sp³-hybridized carbons (Fsp3) is 0.909. The summed E-state index contributed by atoms with van der Waals surface area (Å²) in [6, 6.07) is -1.51. The van der Waals surface area contributed by atoms with Gasteiger partial charge in [-0.3, -0.25) is 9.69 Å². The Morgan fingerprint density at radius 1 is 1.25 bits per heavy atom. The molecular formula is C22H40N2O7S. The third-order valence-corrected chi connectivity index (χ3v) is 7.22. The van der Waals surface area contributed by atoms with Crippen LogP contribution in [0.2, 0.25) is 0 Å². The van der Waals surface area contributed by atoms with Crippen LogP contribution in [0.5, 0.6) is 0 Å². The fourth-order valence-corrected chi connectivity index (χ4v) is 5.46. The van der Waals surface area contributed by atoms with Gasteiger partial charge in [0, 0.05) is 6.54 Å². The molecule has 0 aromatic rings. The van der Waals surface area contributed by atoms with Crippen molar-refractivity contribution in [1.82, 2.24) is 10.2 Å². The number of rotatable bonds is 7. The van der Waals surface area contributed by atoms with Crippen LogP contribution in [0.15, 0.2) is 0 Å². The number of hydrogen-bond acceptors (Lipinski definition) is 8. The van der Waals surface area contributed by atoms with E-state index in [-0.39, 0.29) is 18.4 Å². The number of hydrogen-bond donors (Lipinski definition) is 5. The lowest BCUT2D eigenvalue weighted by molar-refractivity contribution is -0.240. The van der Waals surface area contributed by atoms with Crippen molar-refractivity contribution in [3.8, 4) is 0 Å². The molecule has 4 N–H and O–H groups in total. The molecule has 2 aliphatic heterocycles. The highest BCUT2D eigenvalue weighted by atomic mass is 32.1. The number of ether oxygens (including phenoxy) is 2. The first kappa shape index (κ1) is 27.2. The van der Waals surface area contributed by atoms with Gasteiger partial charge < -0.3 is 30.1 Å². The van der Waals surface area contributed by atoms with Crippen molar-refractivity contribution >= 4 is 24.6 Å². The van der Waals surface area contributed by atoms with Crippen molar-refractivity contribution in [2.75, 3.05) is 13.2 Å². The number of thiol groups is 1. The molecule has 2 amide bonds. The summed E-state index contributed by atoms with van der Waals surface area (Å²) in [6.45, 7) is 9.71. The van der Waals surface area contributed by atoms with E-state index in [1.54, 1.807) is 13.8 Å². The van der Waals surface area contributed by atoms with Crippen LogP contribution < -0.4 is 5.32 Å². The van der Waals surface area contributed by atoms with E-state index in [9.17, 15) is 24.9 Å². The maximum absolute atomic E-state index is 13.5. The third-order valence-electron chi connectivity index (χ3n) is 6.58. The second-order valence-electron chi connectivity index (χ2n) is 9.32. The molecule has 186 valence electrons. The van der Waals surface area contributed by atoms with E-state index in [1.807, 2.05) is 13.8 Å². The number of nitrogens with zero attached hydrogens (tertiary/aromatic N) is 1. The Labute approximate surface area is 196 Å². The Morgan fingerprint density at radius 2 is 1.91 bits per heavy atom. The van der Waals surface area contributed by atoms with Crippen molar-refractivity contribution in [3.05, 3.63) is 0 Å². The summed E-state index contributed by atoms with van der Waals surface area (Å²) in [5.41, 5.74) is 0. The molecule has 32 heavy (non-hydrogen) atoms. The van der Waals surface area contributed by atoms with Gasteiger partial charge in [0.25, 0.3) is 0 Å². The second-order valence-corrected chi connectivity index (χ2v) is 10.0. The molecule has 2 heterocycles. The first-order chi connectivity index (χ1) is 15.0. The molecule has 2 saturated heterocycles. The quantitative estimate of drug-likeness (QED) is 0.350. The predicted octanol–water partition coefficient (Wildman–Crippen LogP) is 1.29. The number of amides is 2. The molecule has 2 fully saturated rings. The van der Waals surface area contributed by atoms with Gasteiger partial charge in [-0.1, -0.05) is 33.6 Å². The van der Waals surface area contributed by atoms with E-state index in [1.165, 1.54) is 4.90 Å². The van der Waals surface area contributed by atoms with Gasteiger partial charge in [0.05, 0.1) is 18.8 Å². The molecule has 0 bridgehead atoms. The maximum Gasteiger partial charge on any atom is 0.410 e. The molecule has 2 rings (SSSR count). The average Bonchev–Trinajstić information content (AvgIpc) is 2.74. The number of aliphatic hydroxyl groups excluding tert-OH is 3. The summed E-state index contributed by atoms with van der Waals surface area (Å²) < 4.78 is 11.0. The zero-order valence-corrected chi connectivity index (χ0v) is 20.6. The molecule has 10 heteroatoms. The molecule has 0 spiro atoms. The monoisotopic (exact) mass is 476 g/mol. The number of piperidine rings is 1. The lowest BCUT2D eigenvalue weighted by Gasteiger charge is -2.50. The van der Waals surface area contributed by atoms with Crippen LogP contribution in [0.4, 0.5) is 4.79 Å². The Kier molecular flexibility index (Phi) is 9.66. The SMILES string of the molecule is CCCC1CCN(C(=O)OCC)C(C(=O)NC(C(C)C)C2(S)OC(C)C(O)C(O)C2O)C1. The van der Waals surface area contributed by atoms with Crippen LogP contribution >= 0.6 is 12.6 Å². The fourth-order valence-electron chi connectivity index (χ4n) is 4.78. The minimum atomic E-state index is -1.63. The number of carbonyl (C=O) groups is 2. The molecule has 0 aromatic heterocycles. The highest BCUT2D eigenvalue weighted by Gasteiger charge is 2.56. The lowest BCUT2D eigenvalue weighted by Crippen LogP contribution is -2.70. The topological polar surface area (TPSA) is 129 Å². The number of likely N-dealkylation sites (tertiary alicyclic amines) is 1. The maximum atomic E-state index is 13.5. The molecule has 0 saturated carbocycles. The van der Waals surface area contributed by atoms with E-state index in [0.717, 1.165) is 19.3 Å². The second kappa shape index (κ2) is 11.4. The first-order valence-electron chi connectivity index (χ1n) is 11.7. The van der Waals surface area contributed by atoms with Crippen LogP contribution in [0.25, 0.3) is 0 Å². The summed E-state index contributed by atoms with van der Waals surface area (Å²) in [7, 11) is 0. The smallest absolute Gasteiger partial charge is 0.410 e. The van der Waals surface area contributed by atoms with Gasteiger partial charge in [-0.05, 0) is 38.5 Å². The Balaban J connectivity index is 2.28. The van der Waals surface area contributed by atoms with Crippen LogP contribution in [-0.4, -0.2) is 86.8 Å². The van der Waals surface area contributed by atoms with Crippen LogP contribution in [0.3, 0.4) is 0 Å².